The summed E-state index contributed by atoms with van der Waals surface area (Å²) in [5, 5.41) is 22.3. The van der Waals surface area contributed by atoms with E-state index >= 15 is 0 Å². The number of benzene rings is 2. The van der Waals surface area contributed by atoms with E-state index in [4.69, 9.17) is 5.11 Å². The van der Waals surface area contributed by atoms with Crippen molar-refractivity contribution >= 4 is 29.7 Å². The number of halogens is 1. The van der Waals surface area contributed by atoms with E-state index in [2.05, 4.69) is 5.32 Å². The normalized spacial score (nSPS) is 11.3. The second kappa shape index (κ2) is 9.21. The van der Waals surface area contributed by atoms with Crippen molar-refractivity contribution in [2.24, 2.45) is 0 Å². The molecule has 28 heavy (non-hydrogen) atoms. The lowest BCUT2D eigenvalue weighted by atomic mass is 10.1. The molecule has 0 saturated carbocycles. The van der Waals surface area contributed by atoms with Gasteiger partial charge in [-0.15, -0.1) is 0 Å². The van der Waals surface area contributed by atoms with Crippen LogP contribution in [-0.2, 0) is 4.79 Å². The van der Waals surface area contributed by atoms with Crippen LogP contribution in [0.3, 0.4) is 0 Å². The summed E-state index contributed by atoms with van der Waals surface area (Å²) in [7, 11) is 0. The molecule has 0 fully saturated rings. The Kier molecular flexibility index (Phi) is 6.74. The highest BCUT2D eigenvalue weighted by atomic mass is 19.1. The zero-order valence-electron chi connectivity index (χ0n) is 14.4. The van der Waals surface area contributed by atoms with E-state index in [1.807, 2.05) is 0 Å². The molecule has 2 N–H and O–H groups in total. The minimum Gasteiger partial charge on any atom is -0.465 e. The summed E-state index contributed by atoms with van der Waals surface area (Å²) in [6.45, 7) is -0.406. The summed E-state index contributed by atoms with van der Waals surface area (Å²) in [5.41, 5.74) is -0.975. The molecule has 0 bridgehead atoms. The molecule has 0 spiro atoms. The third-order valence-electron chi connectivity index (χ3n) is 3.83. The molecule has 2 aromatic carbocycles. The fourth-order valence-electron chi connectivity index (χ4n) is 2.61. The van der Waals surface area contributed by atoms with Crippen LogP contribution in [0.1, 0.15) is 16.8 Å². The monoisotopic (exact) mass is 389 g/mol. The van der Waals surface area contributed by atoms with Crippen LogP contribution in [0.5, 0.6) is 0 Å². The molecule has 0 heterocycles. The number of amides is 2. The Morgan fingerprint density at radius 2 is 1.86 bits per heavy atom. The molecule has 0 aliphatic carbocycles. The summed E-state index contributed by atoms with van der Waals surface area (Å²) in [6.07, 6.45) is -1.25. The standard InChI is InChI=1S/C18H16FN3O6/c19-14-6-2-4-8-16(14)21(11-12(9-10-23)20-18(25)26)17(24)13-5-1-3-7-15(13)22(27)28/h1-8,10,12,20H,9,11H2,(H,25,26). The maximum Gasteiger partial charge on any atom is 0.404 e. The summed E-state index contributed by atoms with van der Waals surface area (Å²) < 4.78 is 14.3. The van der Waals surface area contributed by atoms with Gasteiger partial charge in [0.2, 0.25) is 0 Å². The first kappa shape index (κ1) is 20.5. The predicted molar refractivity (Wildman–Crippen MR) is 96.8 cm³/mol. The van der Waals surface area contributed by atoms with Gasteiger partial charge < -0.3 is 20.1 Å². The van der Waals surface area contributed by atoms with Gasteiger partial charge in [-0.05, 0) is 18.2 Å². The number of aldehydes is 1. The Balaban J connectivity index is 2.51. The Labute approximate surface area is 158 Å². The molecule has 0 aromatic heterocycles. The SMILES string of the molecule is O=CCC(CN(C(=O)c1ccccc1[N+](=O)[O-])c1ccccc1F)NC(=O)O. The van der Waals surface area contributed by atoms with E-state index in [0.717, 1.165) is 17.0 Å². The second-order valence-electron chi connectivity index (χ2n) is 5.69. The molecule has 2 amide bonds. The van der Waals surface area contributed by atoms with Gasteiger partial charge in [-0.2, -0.15) is 0 Å². The molecule has 2 rings (SSSR count). The molecule has 2 aromatic rings. The van der Waals surface area contributed by atoms with E-state index in [0.29, 0.717) is 6.29 Å². The fourth-order valence-corrected chi connectivity index (χ4v) is 2.61. The van der Waals surface area contributed by atoms with Gasteiger partial charge in [0, 0.05) is 19.0 Å². The van der Waals surface area contributed by atoms with Crippen molar-refractivity contribution in [3.05, 3.63) is 70.0 Å². The highest BCUT2D eigenvalue weighted by Crippen LogP contribution is 2.25. The first-order valence-corrected chi connectivity index (χ1v) is 8.08. The number of carbonyl (C=O) groups is 3. The average molecular weight is 389 g/mol. The topological polar surface area (TPSA) is 130 Å². The molecular weight excluding hydrogens is 373 g/mol. The van der Waals surface area contributed by atoms with E-state index in [-0.39, 0.29) is 17.7 Å². The first-order valence-electron chi connectivity index (χ1n) is 8.08. The number of hydrogen-bond acceptors (Lipinski definition) is 5. The molecule has 9 nitrogen and oxygen atoms in total. The zero-order chi connectivity index (χ0) is 20.7. The summed E-state index contributed by atoms with van der Waals surface area (Å²) >= 11 is 0. The minimum absolute atomic E-state index is 0.200. The Bertz CT molecular complexity index is 904. The Hall–Kier alpha value is -3.82. The molecule has 10 heteroatoms. The number of nitro benzene ring substituents is 1. The lowest BCUT2D eigenvalue weighted by molar-refractivity contribution is -0.385. The summed E-state index contributed by atoms with van der Waals surface area (Å²) in [5.74, 6) is -1.69. The van der Waals surface area contributed by atoms with Gasteiger partial charge in [-0.3, -0.25) is 14.9 Å². The van der Waals surface area contributed by atoms with E-state index in [9.17, 15) is 28.9 Å². The van der Waals surface area contributed by atoms with E-state index in [1.165, 1.54) is 36.4 Å². The van der Waals surface area contributed by atoms with Crippen LogP contribution in [0.15, 0.2) is 48.5 Å². The molecule has 0 saturated heterocycles. The Morgan fingerprint density at radius 3 is 2.46 bits per heavy atom. The quantitative estimate of drug-likeness (QED) is 0.405. The molecule has 1 unspecified atom stereocenters. The summed E-state index contributed by atoms with van der Waals surface area (Å²) in [6, 6.07) is 9.32. The van der Waals surface area contributed by atoms with Gasteiger partial charge in [0.25, 0.3) is 11.6 Å². The first-order chi connectivity index (χ1) is 13.3. The highest BCUT2D eigenvalue weighted by molar-refractivity contribution is 6.08. The lowest BCUT2D eigenvalue weighted by Crippen LogP contribution is -2.46. The van der Waals surface area contributed by atoms with Crippen LogP contribution in [-0.4, -0.2) is 40.9 Å². The van der Waals surface area contributed by atoms with Gasteiger partial charge in [-0.25, -0.2) is 9.18 Å². The molecule has 0 aliphatic heterocycles. The number of nitrogens with one attached hydrogen (secondary N) is 1. The number of nitro groups is 1. The number of rotatable bonds is 8. The largest absolute Gasteiger partial charge is 0.465 e. The third kappa shape index (κ3) is 4.87. The van der Waals surface area contributed by atoms with Crippen molar-refractivity contribution in [3.63, 3.8) is 0 Å². The maximum atomic E-state index is 14.3. The molecular formula is C18H16FN3O6. The van der Waals surface area contributed by atoms with Crippen molar-refractivity contribution in [1.82, 2.24) is 5.32 Å². The van der Waals surface area contributed by atoms with Crippen LogP contribution in [0.4, 0.5) is 20.6 Å². The van der Waals surface area contributed by atoms with Gasteiger partial charge in [0.1, 0.15) is 17.7 Å². The van der Waals surface area contributed by atoms with Crippen molar-refractivity contribution < 1.29 is 28.8 Å². The van der Waals surface area contributed by atoms with Crippen molar-refractivity contribution in [2.75, 3.05) is 11.4 Å². The molecule has 0 aliphatic rings. The third-order valence-corrected chi connectivity index (χ3v) is 3.83. The van der Waals surface area contributed by atoms with E-state index < -0.39 is 41.0 Å². The number of para-hydroxylation sites is 2. The molecule has 0 radical (unpaired) electrons. The number of carboxylic acid groups (broad SMARTS) is 1. The highest BCUT2D eigenvalue weighted by Gasteiger charge is 2.29. The average Bonchev–Trinajstić information content (AvgIpc) is 2.66. The summed E-state index contributed by atoms with van der Waals surface area (Å²) in [4.78, 5) is 46.2. The predicted octanol–water partition coefficient (Wildman–Crippen LogP) is 2.61. The fraction of sp³-hybridized carbons (Fsp3) is 0.167. The smallest absolute Gasteiger partial charge is 0.404 e. The van der Waals surface area contributed by atoms with Crippen LogP contribution in [0, 0.1) is 15.9 Å². The number of hydrogen-bond donors (Lipinski definition) is 2. The van der Waals surface area contributed by atoms with Gasteiger partial charge in [0.05, 0.1) is 16.7 Å². The number of anilines is 1. The van der Waals surface area contributed by atoms with Crippen molar-refractivity contribution in [1.29, 1.82) is 0 Å². The minimum atomic E-state index is -1.43. The van der Waals surface area contributed by atoms with Gasteiger partial charge in [-0.1, -0.05) is 24.3 Å². The van der Waals surface area contributed by atoms with Crippen LogP contribution >= 0.6 is 0 Å². The number of nitrogens with zero attached hydrogens (tertiary/aromatic N) is 2. The van der Waals surface area contributed by atoms with E-state index in [1.54, 1.807) is 0 Å². The van der Waals surface area contributed by atoms with Crippen LogP contribution in [0.25, 0.3) is 0 Å². The maximum absolute atomic E-state index is 14.3. The van der Waals surface area contributed by atoms with Crippen LogP contribution < -0.4 is 10.2 Å². The zero-order valence-corrected chi connectivity index (χ0v) is 14.4. The van der Waals surface area contributed by atoms with Crippen molar-refractivity contribution in [2.45, 2.75) is 12.5 Å². The second-order valence-corrected chi connectivity index (χ2v) is 5.69. The van der Waals surface area contributed by atoms with Gasteiger partial charge in [0.15, 0.2) is 0 Å². The lowest BCUT2D eigenvalue weighted by Gasteiger charge is -2.27. The molecule has 1 atom stereocenters. The van der Waals surface area contributed by atoms with Crippen molar-refractivity contribution in [3.8, 4) is 0 Å². The molecule has 146 valence electrons. The van der Waals surface area contributed by atoms with Gasteiger partial charge >= 0.3 is 6.09 Å². The van der Waals surface area contributed by atoms with Crippen LogP contribution in [0.2, 0.25) is 0 Å². The number of carbonyl (C=O) groups excluding carboxylic acids is 2. The Morgan fingerprint density at radius 1 is 1.21 bits per heavy atom.